The second-order valence-electron chi connectivity index (χ2n) is 3.23. The molecule has 5 heteroatoms. The van der Waals surface area contributed by atoms with Crippen LogP contribution in [0.5, 0.6) is 0 Å². The van der Waals surface area contributed by atoms with E-state index in [9.17, 15) is 4.79 Å². The monoisotopic (exact) mass is 244 g/mol. The topological polar surface area (TPSA) is 45.8 Å². The normalized spacial score (nSPS) is 10.5. The summed E-state index contributed by atoms with van der Waals surface area (Å²) in [5.74, 6) is 1.99. The van der Waals surface area contributed by atoms with Crippen LogP contribution in [0, 0.1) is 0 Å². The lowest BCUT2D eigenvalue weighted by atomic mass is 10.2. The minimum absolute atomic E-state index is 0.0810. The van der Waals surface area contributed by atoms with E-state index in [0.29, 0.717) is 0 Å². The minimum Gasteiger partial charge on any atom is -0.301 e. The highest BCUT2D eigenvalue weighted by Gasteiger charge is 1.96. The second kappa shape index (κ2) is 7.82. The molecule has 0 aliphatic rings. The van der Waals surface area contributed by atoms with Crippen LogP contribution < -0.4 is 5.56 Å². The first-order chi connectivity index (χ1) is 7.33. The molecule has 15 heavy (non-hydrogen) atoms. The lowest BCUT2D eigenvalue weighted by molar-refractivity contribution is 0.711. The Balaban J connectivity index is 2.12. The van der Waals surface area contributed by atoms with Crippen LogP contribution in [0.3, 0.4) is 0 Å². The average molecular weight is 244 g/mol. The van der Waals surface area contributed by atoms with E-state index < -0.39 is 0 Å². The molecule has 1 aromatic rings. The van der Waals surface area contributed by atoms with E-state index in [1.54, 1.807) is 18.0 Å². The fraction of sp³-hybridized carbons (Fsp3) is 0.600. The van der Waals surface area contributed by atoms with Crippen LogP contribution in [0.15, 0.2) is 22.2 Å². The molecule has 3 nitrogen and oxygen atoms in total. The summed E-state index contributed by atoms with van der Waals surface area (Å²) in [5, 5.41) is 0.719. The van der Waals surface area contributed by atoms with E-state index in [1.807, 2.05) is 0 Å². The van der Waals surface area contributed by atoms with E-state index in [-0.39, 0.29) is 5.56 Å². The van der Waals surface area contributed by atoms with Crippen molar-refractivity contribution in [2.24, 2.45) is 0 Å². The van der Waals surface area contributed by atoms with Crippen LogP contribution in [-0.4, -0.2) is 21.5 Å². The van der Waals surface area contributed by atoms with Gasteiger partial charge >= 0.3 is 0 Å². The van der Waals surface area contributed by atoms with Crippen molar-refractivity contribution < 1.29 is 0 Å². The van der Waals surface area contributed by atoms with Crippen molar-refractivity contribution in [3.8, 4) is 0 Å². The zero-order valence-electron chi connectivity index (χ0n) is 8.61. The largest absolute Gasteiger partial charge is 0.301 e. The predicted molar refractivity (Wildman–Crippen MR) is 67.9 cm³/mol. The summed E-state index contributed by atoms with van der Waals surface area (Å²) in [6.07, 6.45) is 6.36. The molecular weight excluding hydrogens is 228 g/mol. The number of aromatic nitrogens is 2. The molecule has 0 atom stereocenters. The molecule has 1 heterocycles. The highest BCUT2D eigenvalue weighted by molar-refractivity contribution is 7.99. The molecule has 0 unspecified atom stereocenters. The maximum atomic E-state index is 10.9. The molecule has 84 valence electrons. The van der Waals surface area contributed by atoms with Crippen LogP contribution in [0.4, 0.5) is 0 Å². The Labute approximate surface area is 99.5 Å². The first kappa shape index (κ1) is 12.6. The van der Waals surface area contributed by atoms with Gasteiger partial charge in [-0.1, -0.05) is 24.6 Å². The van der Waals surface area contributed by atoms with Crippen LogP contribution in [0.25, 0.3) is 0 Å². The highest BCUT2D eigenvalue weighted by Crippen LogP contribution is 2.13. The van der Waals surface area contributed by atoms with Crippen molar-refractivity contribution in [3.05, 3.63) is 22.6 Å². The fourth-order valence-corrected chi connectivity index (χ4v) is 2.24. The molecule has 0 amide bonds. The van der Waals surface area contributed by atoms with Crippen LogP contribution >= 0.6 is 24.4 Å². The van der Waals surface area contributed by atoms with Gasteiger partial charge in [0.25, 0.3) is 5.56 Å². The Morgan fingerprint density at radius 1 is 1.33 bits per heavy atom. The molecule has 0 saturated carbocycles. The number of aromatic amines is 1. The summed E-state index contributed by atoms with van der Waals surface area (Å²) >= 11 is 5.77. The average Bonchev–Trinajstić information content (AvgIpc) is 2.23. The minimum atomic E-state index is -0.0810. The first-order valence-corrected chi connectivity index (χ1v) is 6.74. The Kier molecular flexibility index (Phi) is 6.59. The third-order valence-electron chi connectivity index (χ3n) is 1.94. The zero-order chi connectivity index (χ0) is 10.9. The van der Waals surface area contributed by atoms with Crippen LogP contribution in [-0.2, 0) is 0 Å². The molecule has 0 spiro atoms. The van der Waals surface area contributed by atoms with Gasteiger partial charge in [0.05, 0.1) is 0 Å². The van der Waals surface area contributed by atoms with Gasteiger partial charge in [0.2, 0.25) is 0 Å². The zero-order valence-corrected chi connectivity index (χ0v) is 10.3. The van der Waals surface area contributed by atoms with Gasteiger partial charge in [0, 0.05) is 18.0 Å². The van der Waals surface area contributed by atoms with Crippen molar-refractivity contribution in [3.63, 3.8) is 0 Å². The number of thiol groups is 1. The molecule has 1 N–H and O–H groups in total. The number of hydrogen-bond donors (Lipinski definition) is 2. The van der Waals surface area contributed by atoms with E-state index >= 15 is 0 Å². The van der Waals surface area contributed by atoms with Crippen molar-refractivity contribution in [1.29, 1.82) is 0 Å². The molecule has 0 fully saturated rings. The van der Waals surface area contributed by atoms with Gasteiger partial charge in [0.1, 0.15) is 0 Å². The third kappa shape index (κ3) is 5.89. The van der Waals surface area contributed by atoms with Crippen LogP contribution in [0.2, 0.25) is 0 Å². The second-order valence-corrected chi connectivity index (χ2v) is 4.76. The fourth-order valence-electron chi connectivity index (χ4n) is 1.16. The Morgan fingerprint density at radius 2 is 2.13 bits per heavy atom. The number of nitrogens with zero attached hydrogens (tertiary/aromatic N) is 1. The van der Waals surface area contributed by atoms with Gasteiger partial charge in [-0.25, -0.2) is 4.98 Å². The number of nitrogens with one attached hydrogen (secondary N) is 1. The van der Waals surface area contributed by atoms with Gasteiger partial charge < -0.3 is 4.98 Å². The van der Waals surface area contributed by atoms with Crippen molar-refractivity contribution in [2.45, 2.75) is 30.8 Å². The Bertz CT molecular complexity index is 327. The number of rotatable bonds is 7. The highest BCUT2D eigenvalue weighted by atomic mass is 32.2. The van der Waals surface area contributed by atoms with Crippen molar-refractivity contribution in [1.82, 2.24) is 9.97 Å². The smallest absolute Gasteiger partial charge is 0.251 e. The number of unbranched alkanes of at least 4 members (excludes halogenated alkanes) is 3. The molecule has 1 rings (SSSR count). The summed E-state index contributed by atoms with van der Waals surface area (Å²) in [6.45, 7) is 0. The van der Waals surface area contributed by atoms with Gasteiger partial charge in [-0.15, -0.1) is 0 Å². The number of thioether (sulfide) groups is 1. The summed E-state index contributed by atoms with van der Waals surface area (Å²) in [4.78, 5) is 17.7. The predicted octanol–water partition coefficient (Wildman–Crippen LogP) is 2.35. The summed E-state index contributed by atoms with van der Waals surface area (Å²) < 4.78 is 0. The first-order valence-electron chi connectivity index (χ1n) is 5.12. The molecule has 1 aromatic heterocycles. The van der Waals surface area contributed by atoms with Crippen molar-refractivity contribution in [2.75, 3.05) is 11.5 Å². The molecule has 0 aliphatic carbocycles. The SMILES string of the molecule is O=c1ccnc(SCCCCCCS)[nH]1. The lowest BCUT2D eigenvalue weighted by Crippen LogP contribution is -2.05. The summed E-state index contributed by atoms with van der Waals surface area (Å²) in [7, 11) is 0. The summed E-state index contributed by atoms with van der Waals surface area (Å²) in [5.41, 5.74) is -0.0810. The van der Waals surface area contributed by atoms with E-state index in [1.165, 1.54) is 25.3 Å². The molecule has 0 saturated heterocycles. The quantitative estimate of drug-likeness (QED) is 0.335. The van der Waals surface area contributed by atoms with Crippen LogP contribution in [0.1, 0.15) is 25.7 Å². The summed E-state index contributed by atoms with van der Waals surface area (Å²) in [6, 6.07) is 1.43. The molecular formula is C10H16N2OS2. The lowest BCUT2D eigenvalue weighted by Gasteiger charge is -2.00. The maximum absolute atomic E-state index is 10.9. The Morgan fingerprint density at radius 3 is 2.87 bits per heavy atom. The third-order valence-corrected chi connectivity index (χ3v) is 3.23. The molecule has 0 bridgehead atoms. The van der Waals surface area contributed by atoms with Crippen molar-refractivity contribution >= 4 is 24.4 Å². The number of hydrogen-bond acceptors (Lipinski definition) is 4. The number of H-pyrrole nitrogens is 1. The van der Waals surface area contributed by atoms with E-state index in [4.69, 9.17) is 0 Å². The van der Waals surface area contributed by atoms with E-state index in [2.05, 4.69) is 22.6 Å². The molecule has 0 radical (unpaired) electrons. The molecule has 0 aromatic carbocycles. The Hall–Kier alpha value is -0.420. The van der Waals surface area contributed by atoms with E-state index in [0.717, 1.165) is 23.1 Å². The van der Waals surface area contributed by atoms with Gasteiger partial charge in [-0.2, -0.15) is 12.6 Å². The molecule has 0 aliphatic heterocycles. The van der Waals surface area contributed by atoms with Gasteiger partial charge in [-0.05, 0) is 18.6 Å². The van der Waals surface area contributed by atoms with Gasteiger partial charge in [-0.3, -0.25) is 4.79 Å². The maximum Gasteiger partial charge on any atom is 0.251 e. The van der Waals surface area contributed by atoms with Gasteiger partial charge in [0.15, 0.2) is 5.16 Å². The standard InChI is InChI=1S/C10H16N2OS2/c13-9-5-6-11-10(12-9)15-8-4-2-1-3-7-14/h5-6,14H,1-4,7-8H2,(H,11,12,13).